The van der Waals surface area contributed by atoms with Gasteiger partial charge in [0.25, 0.3) is 0 Å². The van der Waals surface area contributed by atoms with Crippen LogP contribution in [0.25, 0.3) is 0 Å². The number of carboxylic acid groups (broad SMARTS) is 1. The van der Waals surface area contributed by atoms with Crippen LogP contribution in [0.15, 0.2) is 35.3 Å². The van der Waals surface area contributed by atoms with Crippen molar-refractivity contribution in [2.24, 2.45) is 4.99 Å². The molecule has 1 rings (SSSR count). The molecule has 0 heterocycles. The number of Topliss-reactive ketones (excluding diaryl/α,β-unsaturated/α-hetero) is 1. The molecular weight excluding hydrogens is 262 g/mol. The van der Waals surface area contributed by atoms with Gasteiger partial charge in [0.15, 0.2) is 0 Å². The van der Waals surface area contributed by atoms with Gasteiger partial charge in [-0.2, -0.15) is 0 Å². The number of aliphatic carboxylic acids is 1. The van der Waals surface area contributed by atoms with Crippen LogP contribution < -0.4 is 0 Å². The molecule has 6 heteroatoms. The number of hydrogen-bond donors (Lipinski definition) is 1. The van der Waals surface area contributed by atoms with Crippen molar-refractivity contribution >= 4 is 23.9 Å². The molecule has 0 amide bonds. The molecule has 1 aromatic carbocycles. The van der Waals surface area contributed by atoms with E-state index >= 15 is 0 Å². The first-order valence-corrected chi connectivity index (χ1v) is 5.96. The number of rotatable bonds is 7. The lowest BCUT2D eigenvalue weighted by molar-refractivity contribution is -0.142. The van der Waals surface area contributed by atoms with Crippen LogP contribution in [0.3, 0.4) is 0 Å². The molecular formula is C14H15NO5. The summed E-state index contributed by atoms with van der Waals surface area (Å²) in [6, 6.07) is 7.46. The highest BCUT2D eigenvalue weighted by Crippen LogP contribution is 2.05. The molecule has 0 saturated heterocycles. The first-order chi connectivity index (χ1) is 9.54. The summed E-state index contributed by atoms with van der Waals surface area (Å²) in [5.74, 6) is -2.05. The van der Waals surface area contributed by atoms with Gasteiger partial charge in [-0.1, -0.05) is 30.3 Å². The van der Waals surface area contributed by atoms with Gasteiger partial charge in [0.1, 0.15) is 6.04 Å². The summed E-state index contributed by atoms with van der Waals surface area (Å²) >= 11 is 0. The van der Waals surface area contributed by atoms with Gasteiger partial charge < -0.3 is 9.84 Å². The van der Waals surface area contributed by atoms with Crippen LogP contribution in [0.1, 0.15) is 23.2 Å². The van der Waals surface area contributed by atoms with Crippen molar-refractivity contribution in [1.82, 2.24) is 0 Å². The van der Waals surface area contributed by atoms with E-state index in [0.717, 1.165) is 6.21 Å². The van der Waals surface area contributed by atoms with Gasteiger partial charge in [-0.25, -0.2) is 4.79 Å². The Morgan fingerprint density at radius 2 is 1.95 bits per heavy atom. The van der Waals surface area contributed by atoms with Crippen LogP contribution in [0.2, 0.25) is 0 Å². The molecule has 0 spiro atoms. The van der Waals surface area contributed by atoms with Crippen molar-refractivity contribution in [2.75, 3.05) is 7.11 Å². The molecule has 0 bridgehead atoms. The maximum absolute atomic E-state index is 11.8. The Bertz CT molecular complexity index is 510. The van der Waals surface area contributed by atoms with E-state index in [1.54, 1.807) is 30.3 Å². The first-order valence-electron chi connectivity index (χ1n) is 5.96. The van der Waals surface area contributed by atoms with Gasteiger partial charge in [-0.05, 0) is 6.42 Å². The predicted octanol–water partition coefficient (Wildman–Crippen LogP) is 1.35. The fraction of sp³-hybridized carbons (Fsp3) is 0.286. The Morgan fingerprint density at radius 1 is 1.30 bits per heavy atom. The zero-order chi connectivity index (χ0) is 15.0. The normalized spacial score (nSPS) is 12.1. The second-order valence-electron chi connectivity index (χ2n) is 3.98. The Kier molecular flexibility index (Phi) is 6.09. The molecule has 0 aromatic heterocycles. The average Bonchev–Trinajstić information content (AvgIpc) is 2.47. The van der Waals surface area contributed by atoms with Gasteiger partial charge in [0, 0.05) is 12.0 Å². The van der Waals surface area contributed by atoms with Gasteiger partial charge in [0.05, 0.1) is 13.3 Å². The Labute approximate surface area is 116 Å². The van der Waals surface area contributed by atoms with E-state index in [4.69, 9.17) is 5.11 Å². The number of esters is 1. The van der Waals surface area contributed by atoms with Crippen molar-refractivity contribution in [2.45, 2.75) is 18.9 Å². The van der Waals surface area contributed by atoms with Gasteiger partial charge in [0.2, 0.25) is 5.78 Å². The Hall–Kier alpha value is -2.50. The van der Waals surface area contributed by atoms with E-state index in [1.165, 1.54) is 7.11 Å². The number of aliphatic imine (C=N–C) groups is 1. The van der Waals surface area contributed by atoms with E-state index in [0.29, 0.717) is 5.56 Å². The molecule has 1 N–H and O–H groups in total. The molecule has 0 aliphatic rings. The zero-order valence-corrected chi connectivity index (χ0v) is 11.0. The minimum Gasteiger partial charge on any atom is -0.481 e. The molecule has 0 saturated carbocycles. The summed E-state index contributed by atoms with van der Waals surface area (Å²) in [5, 5.41) is 8.60. The van der Waals surface area contributed by atoms with Crippen molar-refractivity contribution in [3.05, 3.63) is 35.9 Å². The smallest absolute Gasteiger partial charge is 0.330 e. The van der Waals surface area contributed by atoms with Gasteiger partial charge >= 0.3 is 11.9 Å². The molecule has 6 nitrogen and oxygen atoms in total. The summed E-state index contributed by atoms with van der Waals surface area (Å²) in [7, 11) is 1.19. The zero-order valence-electron chi connectivity index (χ0n) is 11.0. The first kappa shape index (κ1) is 15.6. The van der Waals surface area contributed by atoms with Crippen molar-refractivity contribution in [1.29, 1.82) is 0 Å². The molecule has 20 heavy (non-hydrogen) atoms. The Balaban J connectivity index is 2.73. The summed E-state index contributed by atoms with van der Waals surface area (Å²) in [6.07, 6.45) is 0.788. The molecule has 0 aliphatic carbocycles. The molecule has 0 fully saturated rings. The second-order valence-corrected chi connectivity index (χ2v) is 3.98. The van der Waals surface area contributed by atoms with Crippen LogP contribution in [0.4, 0.5) is 0 Å². The summed E-state index contributed by atoms with van der Waals surface area (Å²) in [4.78, 5) is 37.5. The number of nitrogens with zero attached hydrogens (tertiary/aromatic N) is 1. The molecule has 0 unspecified atom stereocenters. The number of benzene rings is 1. The number of ether oxygens (including phenoxy) is 1. The Morgan fingerprint density at radius 3 is 2.50 bits per heavy atom. The van der Waals surface area contributed by atoms with Gasteiger partial charge in [-0.3, -0.25) is 14.6 Å². The minimum atomic E-state index is -1.04. The summed E-state index contributed by atoms with van der Waals surface area (Å²) in [5.41, 5.74) is 0.443. The SMILES string of the molecule is COC(=O)[C@@H](CCC(=O)O)N=CC(=O)c1ccccc1. The monoisotopic (exact) mass is 277 g/mol. The second kappa shape index (κ2) is 7.83. The highest BCUT2D eigenvalue weighted by Gasteiger charge is 2.19. The molecule has 0 aliphatic heterocycles. The average molecular weight is 277 g/mol. The number of ketones is 1. The number of carbonyl (C=O) groups excluding carboxylic acids is 2. The lowest BCUT2D eigenvalue weighted by atomic mass is 10.1. The third kappa shape index (κ3) is 5.01. The summed E-state index contributed by atoms with van der Waals surface area (Å²) < 4.78 is 4.53. The van der Waals surface area contributed by atoms with E-state index < -0.39 is 18.0 Å². The fourth-order valence-electron chi connectivity index (χ4n) is 1.48. The molecule has 1 atom stereocenters. The number of carboxylic acids is 1. The largest absolute Gasteiger partial charge is 0.481 e. The lowest BCUT2D eigenvalue weighted by Crippen LogP contribution is -2.22. The van der Waals surface area contributed by atoms with E-state index in [1.807, 2.05) is 0 Å². The minimum absolute atomic E-state index is 0.0133. The number of hydrogen-bond acceptors (Lipinski definition) is 5. The van der Waals surface area contributed by atoms with Crippen LogP contribution in [0, 0.1) is 0 Å². The lowest BCUT2D eigenvalue weighted by Gasteiger charge is -2.08. The fourth-order valence-corrected chi connectivity index (χ4v) is 1.48. The highest BCUT2D eigenvalue weighted by atomic mass is 16.5. The highest BCUT2D eigenvalue weighted by molar-refractivity contribution is 6.35. The van der Waals surface area contributed by atoms with Crippen LogP contribution in [-0.4, -0.2) is 42.2 Å². The van der Waals surface area contributed by atoms with E-state index in [9.17, 15) is 14.4 Å². The summed E-state index contributed by atoms with van der Waals surface area (Å²) in [6.45, 7) is 0. The van der Waals surface area contributed by atoms with Crippen molar-refractivity contribution < 1.29 is 24.2 Å². The standard InChI is InChI=1S/C14H15NO5/c1-20-14(19)11(7-8-13(17)18)15-9-12(16)10-5-3-2-4-6-10/h2-6,9,11H,7-8H2,1H3,(H,17,18)/t11-/m1/s1. The number of methoxy groups -OCH3 is 1. The third-order valence-electron chi connectivity index (χ3n) is 2.53. The maximum Gasteiger partial charge on any atom is 0.330 e. The maximum atomic E-state index is 11.8. The molecule has 1 aromatic rings. The molecule has 106 valence electrons. The van der Waals surface area contributed by atoms with E-state index in [-0.39, 0.29) is 18.6 Å². The van der Waals surface area contributed by atoms with Crippen molar-refractivity contribution in [3.8, 4) is 0 Å². The van der Waals surface area contributed by atoms with Crippen molar-refractivity contribution in [3.63, 3.8) is 0 Å². The number of carbonyl (C=O) groups is 3. The molecule has 0 radical (unpaired) electrons. The van der Waals surface area contributed by atoms with Crippen LogP contribution >= 0.6 is 0 Å². The topological polar surface area (TPSA) is 93.0 Å². The van der Waals surface area contributed by atoms with Crippen LogP contribution in [0.5, 0.6) is 0 Å². The quantitative estimate of drug-likeness (QED) is 0.461. The van der Waals surface area contributed by atoms with E-state index in [2.05, 4.69) is 9.73 Å². The van der Waals surface area contributed by atoms with Gasteiger partial charge in [-0.15, -0.1) is 0 Å². The predicted molar refractivity (Wildman–Crippen MR) is 71.9 cm³/mol. The third-order valence-corrected chi connectivity index (χ3v) is 2.53. The van der Waals surface area contributed by atoms with Crippen LogP contribution in [-0.2, 0) is 14.3 Å².